The molecule has 1 aliphatic rings. The van der Waals surface area contributed by atoms with Gasteiger partial charge in [0.05, 0.1) is 4.92 Å². The van der Waals surface area contributed by atoms with Gasteiger partial charge >= 0.3 is 0 Å². The molecular formula is C16H24ClN3O3. The van der Waals surface area contributed by atoms with Crippen LogP contribution in [0.2, 0.25) is 0 Å². The third-order valence-electron chi connectivity index (χ3n) is 4.16. The summed E-state index contributed by atoms with van der Waals surface area (Å²) in [5.74, 6) is 0.361. The predicted octanol–water partition coefficient (Wildman–Crippen LogP) is 2.70. The number of nitro groups is 1. The van der Waals surface area contributed by atoms with Crippen LogP contribution in [0, 0.1) is 16.0 Å². The van der Waals surface area contributed by atoms with Crippen molar-refractivity contribution in [2.45, 2.75) is 32.6 Å². The lowest BCUT2D eigenvalue weighted by Crippen LogP contribution is -2.33. The molecule has 1 aromatic carbocycles. The molecule has 0 aliphatic carbocycles. The Hall–Kier alpha value is -1.66. The van der Waals surface area contributed by atoms with E-state index < -0.39 is 4.92 Å². The molecular weight excluding hydrogens is 318 g/mol. The van der Waals surface area contributed by atoms with Gasteiger partial charge in [-0.05, 0) is 50.8 Å². The van der Waals surface area contributed by atoms with E-state index in [2.05, 4.69) is 10.6 Å². The van der Waals surface area contributed by atoms with E-state index in [4.69, 9.17) is 0 Å². The van der Waals surface area contributed by atoms with Crippen molar-refractivity contribution in [3.8, 4) is 0 Å². The number of halogens is 1. The van der Waals surface area contributed by atoms with Crippen molar-refractivity contribution in [3.63, 3.8) is 0 Å². The van der Waals surface area contributed by atoms with Crippen molar-refractivity contribution in [1.29, 1.82) is 0 Å². The lowest BCUT2D eigenvalue weighted by atomic mass is 9.96. The zero-order chi connectivity index (χ0) is 15.9. The number of nitrogens with zero attached hydrogens (tertiary/aromatic N) is 1. The van der Waals surface area contributed by atoms with Crippen molar-refractivity contribution in [2.24, 2.45) is 5.92 Å². The highest BCUT2D eigenvalue weighted by molar-refractivity contribution is 5.94. The Bertz CT molecular complexity index is 545. The summed E-state index contributed by atoms with van der Waals surface area (Å²) >= 11 is 0. The van der Waals surface area contributed by atoms with Crippen molar-refractivity contribution >= 4 is 24.0 Å². The van der Waals surface area contributed by atoms with Gasteiger partial charge in [0, 0.05) is 23.7 Å². The van der Waals surface area contributed by atoms with Gasteiger partial charge < -0.3 is 10.6 Å². The molecule has 7 heteroatoms. The van der Waals surface area contributed by atoms with E-state index in [1.807, 2.05) is 6.92 Å². The maximum atomic E-state index is 12.1. The van der Waals surface area contributed by atoms with Crippen molar-refractivity contribution < 1.29 is 9.72 Å². The average Bonchev–Trinajstić information content (AvgIpc) is 2.55. The molecule has 1 unspecified atom stereocenters. The highest BCUT2D eigenvalue weighted by Gasteiger charge is 2.17. The van der Waals surface area contributed by atoms with Gasteiger partial charge in [0.15, 0.2) is 0 Å². The fourth-order valence-corrected chi connectivity index (χ4v) is 2.84. The number of nitrogens with one attached hydrogen (secondary N) is 2. The smallest absolute Gasteiger partial charge is 0.273 e. The number of rotatable bonds is 6. The van der Waals surface area contributed by atoms with Crippen LogP contribution in [0.4, 0.5) is 5.69 Å². The van der Waals surface area contributed by atoms with E-state index in [0.717, 1.165) is 19.5 Å². The molecule has 0 aromatic heterocycles. The summed E-state index contributed by atoms with van der Waals surface area (Å²) in [6.45, 7) is 4.55. The largest absolute Gasteiger partial charge is 0.352 e. The Morgan fingerprint density at radius 1 is 1.48 bits per heavy atom. The second kappa shape index (κ2) is 9.47. The molecule has 0 bridgehead atoms. The van der Waals surface area contributed by atoms with Crippen LogP contribution in [0.1, 0.15) is 42.1 Å². The summed E-state index contributed by atoms with van der Waals surface area (Å²) in [5, 5.41) is 17.3. The highest BCUT2D eigenvalue weighted by atomic mass is 35.5. The van der Waals surface area contributed by atoms with Gasteiger partial charge in [-0.1, -0.05) is 13.0 Å². The number of nitro benzene ring substituents is 1. The predicted molar refractivity (Wildman–Crippen MR) is 92.3 cm³/mol. The molecule has 23 heavy (non-hydrogen) atoms. The number of benzene rings is 1. The second-order valence-corrected chi connectivity index (χ2v) is 5.71. The number of carbonyl (C=O) groups excluding carboxylic acids is 1. The summed E-state index contributed by atoms with van der Waals surface area (Å²) in [6.07, 6.45) is 3.89. The van der Waals surface area contributed by atoms with Gasteiger partial charge in [0.25, 0.3) is 11.6 Å². The lowest BCUT2D eigenvalue weighted by molar-refractivity contribution is -0.385. The molecule has 0 radical (unpaired) electrons. The molecule has 1 fully saturated rings. The van der Waals surface area contributed by atoms with Crippen LogP contribution < -0.4 is 10.6 Å². The molecule has 0 saturated carbocycles. The minimum atomic E-state index is -0.427. The van der Waals surface area contributed by atoms with Crippen LogP contribution in [0.5, 0.6) is 0 Å². The Kier molecular flexibility index (Phi) is 7.98. The SMILES string of the molecule is CCc1ccc(C(=O)NCCC2CCCNC2)cc1[N+](=O)[O-].Cl. The van der Waals surface area contributed by atoms with Crippen LogP contribution in [0.15, 0.2) is 18.2 Å². The van der Waals surface area contributed by atoms with Gasteiger partial charge in [0.2, 0.25) is 0 Å². The Balaban J connectivity index is 0.00000264. The molecule has 128 valence electrons. The maximum absolute atomic E-state index is 12.1. The Morgan fingerprint density at radius 3 is 2.87 bits per heavy atom. The summed E-state index contributed by atoms with van der Waals surface area (Å²) in [7, 11) is 0. The van der Waals surface area contributed by atoms with Crippen LogP contribution in [-0.2, 0) is 6.42 Å². The fraction of sp³-hybridized carbons (Fsp3) is 0.562. The summed E-state index contributed by atoms with van der Waals surface area (Å²) in [4.78, 5) is 22.7. The number of carbonyl (C=O) groups is 1. The number of aryl methyl sites for hydroxylation is 1. The van der Waals surface area contributed by atoms with E-state index in [9.17, 15) is 14.9 Å². The Labute approximate surface area is 142 Å². The monoisotopic (exact) mass is 341 g/mol. The van der Waals surface area contributed by atoms with Gasteiger partial charge in [-0.3, -0.25) is 14.9 Å². The zero-order valence-electron chi connectivity index (χ0n) is 13.3. The van der Waals surface area contributed by atoms with E-state index in [1.165, 1.54) is 18.9 Å². The van der Waals surface area contributed by atoms with E-state index in [1.54, 1.807) is 12.1 Å². The summed E-state index contributed by atoms with van der Waals surface area (Å²) in [6, 6.07) is 4.69. The standard InChI is InChI=1S/C16H23N3O3.ClH/c1-2-13-5-6-14(10-15(13)19(21)22)16(20)18-9-7-12-4-3-8-17-11-12;/h5-6,10,12,17H,2-4,7-9,11H2,1H3,(H,18,20);1H. The molecule has 1 heterocycles. The third kappa shape index (κ3) is 5.48. The molecule has 1 amide bonds. The van der Waals surface area contributed by atoms with Gasteiger partial charge in [-0.15, -0.1) is 12.4 Å². The summed E-state index contributed by atoms with van der Waals surface area (Å²) < 4.78 is 0. The fourth-order valence-electron chi connectivity index (χ4n) is 2.84. The first-order valence-corrected chi connectivity index (χ1v) is 7.88. The number of piperidine rings is 1. The van der Waals surface area contributed by atoms with Crippen molar-refractivity contribution in [1.82, 2.24) is 10.6 Å². The molecule has 2 rings (SSSR count). The third-order valence-corrected chi connectivity index (χ3v) is 4.16. The van der Waals surface area contributed by atoms with E-state index >= 15 is 0 Å². The highest BCUT2D eigenvalue weighted by Crippen LogP contribution is 2.21. The maximum Gasteiger partial charge on any atom is 0.273 e. The summed E-state index contributed by atoms with van der Waals surface area (Å²) in [5.41, 5.74) is 1.02. The minimum absolute atomic E-state index is 0. The molecule has 1 saturated heterocycles. The van der Waals surface area contributed by atoms with Crippen LogP contribution >= 0.6 is 12.4 Å². The van der Waals surface area contributed by atoms with Crippen LogP contribution in [0.25, 0.3) is 0 Å². The molecule has 2 N–H and O–H groups in total. The first-order valence-electron chi connectivity index (χ1n) is 7.88. The second-order valence-electron chi connectivity index (χ2n) is 5.71. The molecule has 1 aliphatic heterocycles. The number of hydrogen-bond donors (Lipinski definition) is 2. The van der Waals surface area contributed by atoms with Crippen LogP contribution in [-0.4, -0.2) is 30.5 Å². The van der Waals surface area contributed by atoms with E-state index in [0.29, 0.717) is 30.0 Å². The molecule has 0 spiro atoms. The van der Waals surface area contributed by atoms with Crippen molar-refractivity contribution in [2.75, 3.05) is 19.6 Å². The zero-order valence-corrected chi connectivity index (χ0v) is 14.2. The first kappa shape index (κ1) is 19.4. The first-order chi connectivity index (χ1) is 10.6. The van der Waals surface area contributed by atoms with E-state index in [-0.39, 0.29) is 24.0 Å². The Morgan fingerprint density at radius 2 is 2.26 bits per heavy atom. The number of amides is 1. The topological polar surface area (TPSA) is 84.3 Å². The minimum Gasteiger partial charge on any atom is -0.352 e. The molecule has 1 atom stereocenters. The normalized spacial score (nSPS) is 17.2. The van der Waals surface area contributed by atoms with Crippen molar-refractivity contribution in [3.05, 3.63) is 39.4 Å². The molecule has 1 aromatic rings. The van der Waals surface area contributed by atoms with Gasteiger partial charge in [0.1, 0.15) is 0 Å². The van der Waals surface area contributed by atoms with Gasteiger partial charge in [-0.2, -0.15) is 0 Å². The van der Waals surface area contributed by atoms with Gasteiger partial charge in [-0.25, -0.2) is 0 Å². The lowest BCUT2D eigenvalue weighted by Gasteiger charge is -2.22. The van der Waals surface area contributed by atoms with Crippen LogP contribution in [0.3, 0.4) is 0 Å². The quantitative estimate of drug-likeness (QED) is 0.615. The number of hydrogen-bond acceptors (Lipinski definition) is 4. The molecule has 6 nitrogen and oxygen atoms in total. The average molecular weight is 342 g/mol.